The molecule has 1 aromatic rings. The van der Waals surface area contributed by atoms with Crippen LogP contribution in [0.3, 0.4) is 0 Å². The molecule has 1 nitrogen and oxygen atoms in total. The molecule has 1 fully saturated rings. The molecule has 0 bridgehead atoms. The minimum Gasteiger partial charge on any atom is -0.314 e. The van der Waals surface area contributed by atoms with E-state index in [0.717, 1.165) is 24.8 Å². The van der Waals surface area contributed by atoms with E-state index in [2.05, 4.69) is 19.2 Å². The highest BCUT2D eigenvalue weighted by molar-refractivity contribution is 5.16. The average Bonchev–Trinajstić information content (AvgIpc) is 2.36. The van der Waals surface area contributed by atoms with Gasteiger partial charge in [-0.05, 0) is 61.8 Å². The highest BCUT2D eigenvalue weighted by Gasteiger charge is 2.23. The highest BCUT2D eigenvalue weighted by Crippen LogP contribution is 2.29. The predicted molar refractivity (Wildman–Crippen MR) is 74.1 cm³/mol. The Hall–Kier alpha value is -0.890. The van der Waals surface area contributed by atoms with Crippen LogP contribution in [0.2, 0.25) is 0 Å². The van der Waals surface area contributed by atoms with Gasteiger partial charge >= 0.3 is 0 Å². The van der Waals surface area contributed by atoms with Crippen LogP contribution in [0.1, 0.15) is 38.7 Å². The first kappa shape index (κ1) is 13.5. The summed E-state index contributed by atoms with van der Waals surface area (Å²) >= 11 is 0. The van der Waals surface area contributed by atoms with Crippen molar-refractivity contribution >= 4 is 0 Å². The van der Waals surface area contributed by atoms with Crippen molar-refractivity contribution in [1.29, 1.82) is 0 Å². The van der Waals surface area contributed by atoms with Gasteiger partial charge in [-0.15, -0.1) is 0 Å². The number of hydrogen-bond acceptors (Lipinski definition) is 1. The summed E-state index contributed by atoms with van der Waals surface area (Å²) in [5, 5.41) is 3.64. The van der Waals surface area contributed by atoms with E-state index in [9.17, 15) is 4.39 Å². The molecule has 0 radical (unpaired) electrons. The molecule has 1 N–H and O–H groups in total. The molecule has 18 heavy (non-hydrogen) atoms. The topological polar surface area (TPSA) is 12.0 Å². The molecular formula is C16H24FN. The van der Waals surface area contributed by atoms with Crippen LogP contribution in [0.25, 0.3) is 0 Å². The number of nitrogens with one attached hydrogen (secondary N) is 1. The number of hydrogen-bond donors (Lipinski definition) is 1. The van der Waals surface area contributed by atoms with E-state index in [-0.39, 0.29) is 5.82 Å². The van der Waals surface area contributed by atoms with Gasteiger partial charge in [-0.1, -0.05) is 26.0 Å². The molecule has 100 valence electrons. The van der Waals surface area contributed by atoms with Crippen molar-refractivity contribution in [2.24, 2.45) is 11.8 Å². The van der Waals surface area contributed by atoms with E-state index in [4.69, 9.17) is 0 Å². The first-order valence-electron chi connectivity index (χ1n) is 7.13. The van der Waals surface area contributed by atoms with Gasteiger partial charge in [0.05, 0.1) is 0 Å². The van der Waals surface area contributed by atoms with Crippen molar-refractivity contribution in [3.05, 3.63) is 35.6 Å². The second-order valence-electron chi connectivity index (χ2n) is 5.80. The molecule has 0 spiro atoms. The van der Waals surface area contributed by atoms with Crippen LogP contribution >= 0.6 is 0 Å². The molecule has 3 unspecified atom stereocenters. The van der Waals surface area contributed by atoms with Crippen molar-refractivity contribution in [2.45, 2.75) is 45.6 Å². The lowest BCUT2D eigenvalue weighted by molar-refractivity contribution is 0.227. The SMILES string of the molecule is CC1CCC(NCCc2ccc(F)cc2)CC1C. The Morgan fingerprint density at radius 2 is 1.83 bits per heavy atom. The van der Waals surface area contributed by atoms with Gasteiger partial charge in [-0.25, -0.2) is 4.39 Å². The zero-order chi connectivity index (χ0) is 13.0. The Morgan fingerprint density at radius 3 is 2.50 bits per heavy atom. The average molecular weight is 249 g/mol. The molecular weight excluding hydrogens is 225 g/mol. The highest BCUT2D eigenvalue weighted by atomic mass is 19.1. The minimum absolute atomic E-state index is 0.151. The molecule has 2 heteroatoms. The summed E-state index contributed by atoms with van der Waals surface area (Å²) in [7, 11) is 0. The molecule has 2 rings (SSSR count). The van der Waals surface area contributed by atoms with Crippen LogP contribution < -0.4 is 5.32 Å². The zero-order valence-electron chi connectivity index (χ0n) is 11.5. The summed E-state index contributed by atoms with van der Waals surface area (Å²) in [6.45, 7) is 5.72. The van der Waals surface area contributed by atoms with Crippen molar-refractivity contribution < 1.29 is 4.39 Å². The van der Waals surface area contributed by atoms with E-state index < -0.39 is 0 Å². The third kappa shape index (κ3) is 3.81. The second-order valence-corrected chi connectivity index (χ2v) is 5.80. The number of benzene rings is 1. The van der Waals surface area contributed by atoms with Gasteiger partial charge in [0.15, 0.2) is 0 Å². The fraction of sp³-hybridized carbons (Fsp3) is 0.625. The van der Waals surface area contributed by atoms with Crippen LogP contribution in [-0.4, -0.2) is 12.6 Å². The van der Waals surface area contributed by atoms with E-state index in [1.807, 2.05) is 12.1 Å². The number of halogens is 1. The normalized spacial score (nSPS) is 28.3. The van der Waals surface area contributed by atoms with Gasteiger partial charge in [-0.3, -0.25) is 0 Å². The minimum atomic E-state index is -0.151. The van der Waals surface area contributed by atoms with Crippen molar-refractivity contribution in [1.82, 2.24) is 5.32 Å². The van der Waals surface area contributed by atoms with Crippen molar-refractivity contribution in [3.8, 4) is 0 Å². The lowest BCUT2D eigenvalue weighted by atomic mass is 9.79. The maximum absolute atomic E-state index is 12.8. The Labute approximate surface area is 110 Å². The molecule has 0 heterocycles. The summed E-state index contributed by atoms with van der Waals surface area (Å²) in [4.78, 5) is 0. The molecule has 3 atom stereocenters. The summed E-state index contributed by atoms with van der Waals surface area (Å²) in [6.07, 6.45) is 4.93. The van der Waals surface area contributed by atoms with Crippen LogP contribution in [0, 0.1) is 17.7 Å². The lowest BCUT2D eigenvalue weighted by Gasteiger charge is -2.32. The van der Waals surface area contributed by atoms with Crippen LogP contribution in [0.4, 0.5) is 4.39 Å². The van der Waals surface area contributed by atoms with Crippen LogP contribution in [-0.2, 0) is 6.42 Å². The third-order valence-corrected chi connectivity index (χ3v) is 4.36. The largest absolute Gasteiger partial charge is 0.314 e. The zero-order valence-corrected chi connectivity index (χ0v) is 11.5. The lowest BCUT2D eigenvalue weighted by Crippen LogP contribution is -2.37. The maximum atomic E-state index is 12.8. The smallest absolute Gasteiger partial charge is 0.123 e. The van der Waals surface area contributed by atoms with E-state index >= 15 is 0 Å². The summed E-state index contributed by atoms with van der Waals surface area (Å²) in [5.41, 5.74) is 1.21. The summed E-state index contributed by atoms with van der Waals surface area (Å²) in [5.74, 6) is 1.56. The summed E-state index contributed by atoms with van der Waals surface area (Å²) < 4.78 is 12.8. The monoisotopic (exact) mass is 249 g/mol. The van der Waals surface area contributed by atoms with Gasteiger partial charge in [0, 0.05) is 6.04 Å². The fourth-order valence-corrected chi connectivity index (χ4v) is 2.80. The molecule has 1 aliphatic carbocycles. The molecule has 1 aliphatic rings. The predicted octanol–water partition coefficient (Wildman–Crippen LogP) is 3.78. The Morgan fingerprint density at radius 1 is 1.11 bits per heavy atom. The summed E-state index contributed by atoms with van der Waals surface area (Å²) in [6, 6.07) is 7.52. The van der Waals surface area contributed by atoms with Crippen LogP contribution in [0.5, 0.6) is 0 Å². The maximum Gasteiger partial charge on any atom is 0.123 e. The quantitative estimate of drug-likeness (QED) is 0.856. The molecule has 0 amide bonds. The van der Waals surface area contributed by atoms with Crippen molar-refractivity contribution in [3.63, 3.8) is 0 Å². The van der Waals surface area contributed by atoms with E-state index in [1.54, 1.807) is 12.1 Å². The van der Waals surface area contributed by atoms with Gasteiger partial charge in [0.25, 0.3) is 0 Å². The Kier molecular flexibility index (Phi) is 4.76. The van der Waals surface area contributed by atoms with Crippen molar-refractivity contribution in [2.75, 3.05) is 6.54 Å². The first-order chi connectivity index (χ1) is 8.65. The molecule has 0 saturated heterocycles. The fourth-order valence-electron chi connectivity index (χ4n) is 2.80. The first-order valence-corrected chi connectivity index (χ1v) is 7.13. The molecule has 0 aliphatic heterocycles. The van der Waals surface area contributed by atoms with Gasteiger partial charge in [0.2, 0.25) is 0 Å². The van der Waals surface area contributed by atoms with Gasteiger partial charge in [-0.2, -0.15) is 0 Å². The second kappa shape index (κ2) is 6.33. The van der Waals surface area contributed by atoms with E-state index in [0.29, 0.717) is 6.04 Å². The van der Waals surface area contributed by atoms with Gasteiger partial charge < -0.3 is 5.32 Å². The van der Waals surface area contributed by atoms with Gasteiger partial charge in [0.1, 0.15) is 5.82 Å². The standard InChI is InChI=1S/C16H24FN/c1-12-3-8-16(11-13(12)2)18-10-9-14-4-6-15(17)7-5-14/h4-7,12-13,16,18H,3,8-11H2,1-2H3. The molecule has 1 aromatic carbocycles. The third-order valence-electron chi connectivity index (χ3n) is 4.36. The Bertz CT molecular complexity index is 360. The molecule has 1 saturated carbocycles. The molecule has 0 aromatic heterocycles. The van der Waals surface area contributed by atoms with E-state index in [1.165, 1.54) is 24.8 Å². The van der Waals surface area contributed by atoms with Crippen LogP contribution in [0.15, 0.2) is 24.3 Å². The Balaban J connectivity index is 1.71. The number of rotatable bonds is 4.